The highest BCUT2D eigenvalue weighted by atomic mass is 32.2. The third kappa shape index (κ3) is 4.30. The van der Waals surface area contributed by atoms with Gasteiger partial charge >= 0.3 is 0 Å². The van der Waals surface area contributed by atoms with E-state index in [9.17, 15) is 0 Å². The van der Waals surface area contributed by atoms with Gasteiger partial charge in [-0.1, -0.05) is 13.8 Å². The standard InChI is InChI=1S/C6H12N2S.C2H6/c1-6(7)8-2-4-9-5-3-8;1-2/h7H,2-5H2,1H3;1-2H3. The van der Waals surface area contributed by atoms with Crippen LogP contribution in [0.3, 0.4) is 0 Å². The molecular formula is C8H18N2S. The van der Waals surface area contributed by atoms with Crippen molar-refractivity contribution in [1.29, 1.82) is 5.41 Å². The van der Waals surface area contributed by atoms with Crippen LogP contribution in [0.5, 0.6) is 0 Å². The molecule has 3 heteroatoms. The predicted molar refractivity (Wildman–Crippen MR) is 53.6 cm³/mol. The van der Waals surface area contributed by atoms with Gasteiger partial charge in [0, 0.05) is 24.6 Å². The van der Waals surface area contributed by atoms with Crippen LogP contribution >= 0.6 is 11.8 Å². The van der Waals surface area contributed by atoms with Gasteiger partial charge in [0.2, 0.25) is 0 Å². The van der Waals surface area contributed by atoms with Crippen LogP contribution in [-0.2, 0) is 0 Å². The monoisotopic (exact) mass is 174 g/mol. The first-order chi connectivity index (χ1) is 5.30. The van der Waals surface area contributed by atoms with Crippen molar-refractivity contribution in [1.82, 2.24) is 4.90 Å². The minimum atomic E-state index is 0.718. The smallest absolute Gasteiger partial charge is 0.0926 e. The zero-order valence-electron chi connectivity index (χ0n) is 7.68. The summed E-state index contributed by atoms with van der Waals surface area (Å²) in [6, 6.07) is 0. The highest BCUT2D eigenvalue weighted by molar-refractivity contribution is 7.99. The molecule has 0 aromatic rings. The largest absolute Gasteiger partial charge is 0.359 e. The van der Waals surface area contributed by atoms with Gasteiger partial charge in [0.05, 0.1) is 5.84 Å². The fourth-order valence-electron chi connectivity index (χ4n) is 0.899. The normalized spacial score (nSPS) is 16.8. The zero-order chi connectivity index (χ0) is 8.69. The van der Waals surface area contributed by atoms with Crippen molar-refractivity contribution in [2.75, 3.05) is 24.6 Å². The Hall–Kier alpha value is -0.180. The molecule has 0 radical (unpaired) electrons. The summed E-state index contributed by atoms with van der Waals surface area (Å²) in [7, 11) is 0. The Morgan fingerprint density at radius 2 is 1.73 bits per heavy atom. The summed E-state index contributed by atoms with van der Waals surface area (Å²) in [4.78, 5) is 2.12. The average molecular weight is 174 g/mol. The maximum atomic E-state index is 7.31. The molecule has 1 aliphatic rings. The molecule has 11 heavy (non-hydrogen) atoms. The van der Waals surface area contributed by atoms with Crippen molar-refractivity contribution in [2.45, 2.75) is 20.8 Å². The number of amidine groups is 1. The molecule has 0 aromatic heterocycles. The Kier molecular flexibility index (Phi) is 6.42. The first-order valence-corrected chi connectivity index (χ1v) is 5.34. The van der Waals surface area contributed by atoms with Crippen LogP contribution in [0.25, 0.3) is 0 Å². The molecule has 1 aliphatic heterocycles. The van der Waals surface area contributed by atoms with E-state index < -0.39 is 0 Å². The van der Waals surface area contributed by atoms with Crippen molar-refractivity contribution >= 4 is 17.6 Å². The lowest BCUT2D eigenvalue weighted by atomic mass is 10.5. The predicted octanol–water partition coefficient (Wildman–Crippen LogP) is 2.06. The van der Waals surface area contributed by atoms with Gasteiger partial charge in [-0.15, -0.1) is 0 Å². The molecule has 1 N–H and O–H groups in total. The van der Waals surface area contributed by atoms with Gasteiger partial charge in [0.1, 0.15) is 0 Å². The molecule has 0 aliphatic carbocycles. The Morgan fingerprint density at radius 3 is 2.00 bits per heavy atom. The fraction of sp³-hybridized carbons (Fsp3) is 0.875. The molecule has 0 atom stereocenters. The molecule has 1 fully saturated rings. The molecule has 0 bridgehead atoms. The molecule has 0 amide bonds. The maximum absolute atomic E-state index is 7.31. The van der Waals surface area contributed by atoms with E-state index in [4.69, 9.17) is 5.41 Å². The first-order valence-electron chi connectivity index (χ1n) is 4.18. The molecule has 1 rings (SSSR count). The SMILES string of the molecule is CC.CC(=N)N1CCSCC1. The lowest BCUT2D eigenvalue weighted by Crippen LogP contribution is -2.35. The van der Waals surface area contributed by atoms with Gasteiger partial charge in [-0.25, -0.2) is 0 Å². The fourth-order valence-corrected chi connectivity index (χ4v) is 1.80. The molecule has 0 aromatic carbocycles. The zero-order valence-corrected chi connectivity index (χ0v) is 8.50. The van der Waals surface area contributed by atoms with Crippen molar-refractivity contribution in [3.05, 3.63) is 0 Å². The Labute approximate surface area is 73.9 Å². The average Bonchev–Trinajstić information content (AvgIpc) is 2.10. The number of nitrogens with zero attached hydrogens (tertiary/aromatic N) is 1. The van der Waals surface area contributed by atoms with Crippen molar-refractivity contribution in [2.24, 2.45) is 0 Å². The topological polar surface area (TPSA) is 27.1 Å². The van der Waals surface area contributed by atoms with E-state index in [0.29, 0.717) is 0 Å². The molecule has 0 unspecified atom stereocenters. The Balaban J connectivity index is 0.000000461. The van der Waals surface area contributed by atoms with E-state index >= 15 is 0 Å². The van der Waals surface area contributed by atoms with Gasteiger partial charge in [0.25, 0.3) is 0 Å². The minimum Gasteiger partial charge on any atom is -0.359 e. The van der Waals surface area contributed by atoms with E-state index in [0.717, 1.165) is 18.9 Å². The second-order valence-corrected chi connectivity index (χ2v) is 3.41. The summed E-state index contributed by atoms with van der Waals surface area (Å²) in [5.74, 6) is 3.10. The number of thioether (sulfide) groups is 1. The van der Waals surface area contributed by atoms with Crippen LogP contribution in [0, 0.1) is 5.41 Å². The summed E-state index contributed by atoms with van der Waals surface area (Å²) in [6.45, 7) is 8.00. The molecular weight excluding hydrogens is 156 g/mol. The number of hydrogen-bond donors (Lipinski definition) is 1. The van der Waals surface area contributed by atoms with Gasteiger partial charge < -0.3 is 4.90 Å². The maximum Gasteiger partial charge on any atom is 0.0926 e. The van der Waals surface area contributed by atoms with E-state index in [1.54, 1.807) is 0 Å². The van der Waals surface area contributed by atoms with Gasteiger partial charge in [-0.2, -0.15) is 11.8 Å². The van der Waals surface area contributed by atoms with Crippen molar-refractivity contribution < 1.29 is 0 Å². The third-order valence-electron chi connectivity index (χ3n) is 1.49. The lowest BCUT2D eigenvalue weighted by molar-refractivity contribution is 0.457. The highest BCUT2D eigenvalue weighted by Gasteiger charge is 2.08. The molecule has 2 nitrogen and oxygen atoms in total. The Morgan fingerprint density at radius 1 is 1.27 bits per heavy atom. The second kappa shape index (κ2) is 6.53. The number of nitrogens with one attached hydrogen (secondary N) is 1. The van der Waals surface area contributed by atoms with Crippen LogP contribution in [0.1, 0.15) is 20.8 Å². The molecule has 1 saturated heterocycles. The summed E-state index contributed by atoms with van der Waals surface area (Å²) >= 11 is 1.98. The van der Waals surface area contributed by atoms with E-state index in [1.807, 2.05) is 32.5 Å². The molecule has 66 valence electrons. The summed E-state index contributed by atoms with van der Waals surface area (Å²) < 4.78 is 0. The van der Waals surface area contributed by atoms with E-state index in [2.05, 4.69) is 4.90 Å². The van der Waals surface area contributed by atoms with E-state index in [1.165, 1.54) is 11.5 Å². The second-order valence-electron chi connectivity index (χ2n) is 2.18. The van der Waals surface area contributed by atoms with Crippen molar-refractivity contribution in [3.8, 4) is 0 Å². The first kappa shape index (κ1) is 10.8. The van der Waals surface area contributed by atoms with Crippen LogP contribution in [0.4, 0.5) is 0 Å². The van der Waals surface area contributed by atoms with E-state index in [-0.39, 0.29) is 0 Å². The van der Waals surface area contributed by atoms with Crippen molar-refractivity contribution in [3.63, 3.8) is 0 Å². The van der Waals surface area contributed by atoms with Crippen LogP contribution in [-0.4, -0.2) is 35.3 Å². The number of rotatable bonds is 0. The summed E-state index contributed by atoms with van der Waals surface area (Å²) in [5.41, 5.74) is 0. The van der Waals surface area contributed by atoms with Crippen LogP contribution in [0.2, 0.25) is 0 Å². The summed E-state index contributed by atoms with van der Waals surface area (Å²) in [6.07, 6.45) is 0. The van der Waals surface area contributed by atoms with Crippen LogP contribution < -0.4 is 0 Å². The Bertz CT molecular complexity index is 109. The lowest BCUT2D eigenvalue weighted by Gasteiger charge is -2.26. The molecule has 0 spiro atoms. The third-order valence-corrected chi connectivity index (χ3v) is 2.43. The summed E-state index contributed by atoms with van der Waals surface area (Å²) in [5, 5.41) is 7.31. The van der Waals surface area contributed by atoms with Crippen LogP contribution in [0.15, 0.2) is 0 Å². The quantitative estimate of drug-likeness (QED) is 0.449. The van der Waals surface area contributed by atoms with Gasteiger partial charge in [-0.3, -0.25) is 5.41 Å². The minimum absolute atomic E-state index is 0.718. The molecule has 1 heterocycles. The molecule has 0 saturated carbocycles. The highest BCUT2D eigenvalue weighted by Crippen LogP contribution is 2.08. The van der Waals surface area contributed by atoms with Gasteiger partial charge in [-0.05, 0) is 6.92 Å². The van der Waals surface area contributed by atoms with Gasteiger partial charge in [0.15, 0.2) is 0 Å². The number of hydrogen-bond acceptors (Lipinski definition) is 2.